The van der Waals surface area contributed by atoms with Crippen molar-refractivity contribution in [1.82, 2.24) is 14.5 Å². The molecule has 0 amide bonds. The molecule has 1 aromatic carbocycles. The first-order chi connectivity index (χ1) is 15.6. The number of hydrogen-bond acceptors (Lipinski definition) is 4. The van der Waals surface area contributed by atoms with E-state index in [0.29, 0.717) is 29.0 Å². The van der Waals surface area contributed by atoms with E-state index in [0.717, 1.165) is 37.5 Å². The molecule has 4 aliphatic rings. The van der Waals surface area contributed by atoms with E-state index >= 15 is 0 Å². The molecule has 0 spiro atoms. The number of carboxylic acids is 1. The third-order valence-electron chi connectivity index (χ3n) is 8.89. The molecule has 6 rings (SSSR count). The number of hydrogen-bond donors (Lipinski definition) is 1. The fourth-order valence-electron chi connectivity index (χ4n) is 7.77. The van der Waals surface area contributed by atoms with E-state index in [1.165, 1.54) is 49.5 Å². The number of fused-ring (bicyclic) bond motifs is 5. The van der Waals surface area contributed by atoms with Gasteiger partial charge in [-0.1, -0.05) is 37.8 Å². The van der Waals surface area contributed by atoms with Crippen LogP contribution in [0.2, 0.25) is 0 Å². The van der Waals surface area contributed by atoms with Gasteiger partial charge in [-0.25, -0.2) is 9.78 Å². The molecule has 4 fully saturated rings. The number of carboxylic acid groups (broad SMARTS) is 1. The summed E-state index contributed by atoms with van der Waals surface area (Å²) < 4.78 is 1.53. The number of nitrogens with zero attached hydrogens (tertiary/aromatic N) is 3. The maximum atomic E-state index is 13.4. The minimum absolute atomic E-state index is 0.0830. The molecule has 4 atom stereocenters. The molecule has 170 valence electrons. The van der Waals surface area contributed by atoms with Gasteiger partial charge in [0.25, 0.3) is 5.56 Å². The third kappa shape index (κ3) is 3.38. The Bertz CT molecular complexity index is 1070. The van der Waals surface area contributed by atoms with Crippen LogP contribution in [0, 0.1) is 11.8 Å². The molecule has 3 heterocycles. The lowest BCUT2D eigenvalue weighted by atomic mass is 9.68. The first kappa shape index (κ1) is 20.4. The predicted octanol–water partition coefficient (Wildman–Crippen LogP) is 4.62. The molecule has 1 N–H and O–H groups in total. The Labute approximate surface area is 188 Å². The smallest absolute Gasteiger partial charge is 0.372 e. The fraction of sp³-hybridized carbons (Fsp3) is 0.654. The van der Waals surface area contributed by atoms with Crippen molar-refractivity contribution in [2.24, 2.45) is 11.8 Å². The highest BCUT2D eigenvalue weighted by atomic mass is 16.4. The van der Waals surface area contributed by atoms with Crippen molar-refractivity contribution in [3.8, 4) is 0 Å². The van der Waals surface area contributed by atoms with E-state index in [-0.39, 0.29) is 17.4 Å². The summed E-state index contributed by atoms with van der Waals surface area (Å²) in [6, 6.07) is 8.63. The molecule has 4 bridgehead atoms. The predicted molar refractivity (Wildman–Crippen MR) is 123 cm³/mol. The lowest BCUT2D eigenvalue weighted by Crippen LogP contribution is -2.58. The molecule has 6 nitrogen and oxygen atoms in total. The zero-order valence-electron chi connectivity index (χ0n) is 18.7. The van der Waals surface area contributed by atoms with Gasteiger partial charge in [0.1, 0.15) is 0 Å². The van der Waals surface area contributed by atoms with Gasteiger partial charge in [0.05, 0.1) is 10.9 Å². The van der Waals surface area contributed by atoms with Crippen LogP contribution in [0.5, 0.6) is 0 Å². The molecule has 2 saturated carbocycles. The quantitative estimate of drug-likeness (QED) is 0.761. The molecule has 2 saturated heterocycles. The van der Waals surface area contributed by atoms with Crippen LogP contribution in [-0.4, -0.2) is 43.7 Å². The van der Waals surface area contributed by atoms with Gasteiger partial charge in [-0.2, -0.15) is 0 Å². The molecule has 2 aliphatic carbocycles. The number of aromatic carboxylic acids is 1. The Morgan fingerprint density at radius 1 is 0.844 bits per heavy atom. The van der Waals surface area contributed by atoms with Crippen molar-refractivity contribution < 1.29 is 9.90 Å². The second kappa shape index (κ2) is 7.98. The highest BCUT2D eigenvalue weighted by Gasteiger charge is 2.45. The topological polar surface area (TPSA) is 75.4 Å². The molecule has 6 heteroatoms. The number of carbonyl (C=O) groups is 1. The SMILES string of the molecule is O=C(O)c1nc2ccccc2c(=O)n1C1CC2CCCC(C1)N2C1CC2CCCC(C2)C1. The summed E-state index contributed by atoms with van der Waals surface area (Å²) in [5.41, 5.74) is 0.272. The Hall–Kier alpha value is -2.21. The van der Waals surface area contributed by atoms with E-state index in [1.54, 1.807) is 18.2 Å². The van der Waals surface area contributed by atoms with Crippen molar-refractivity contribution in [2.45, 2.75) is 94.8 Å². The summed E-state index contributed by atoms with van der Waals surface area (Å²) in [6.07, 6.45) is 13.6. The van der Waals surface area contributed by atoms with Gasteiger partial charge >= 0.3 is 5.97 Å². The summed E-state index contributed by atoms with van der Waals surface area (Å²) in [4.78, 5) is 32.8. The standard InChI is InChI=1S/C26H33N3O3/c30-25-22-9-1-2-10-23(22)27-24(26(31)32)29(25)21-14-18-7-4-8-19(15-21)28(18)20-12-16-5-3-6-17(11-16)13-20/h1-2,9-10,16-21H,3-8,11-15H2,(H,31,32). The number of piperidine rings is 2. The number of rotatable bonds is 3. The van der Waals surface area contributed by atoms with E-state index < -0.39 is 5.97 Å². The van der Waals surface area contributed by atoms with Crippen LogP contribution in [0.1, 0.15) is 87.3 Å². The Balaban J connectivity index is 1.34. The van der Waals surface area contributed by atoms with Gasteiger partial charge in [-0.15, -0.1) is 0 Å². The second-order valence-electron chi connectivity index (χ2n) is 10.8. The van der Waals surface area contributed by atoms with Crippen LogP contribution in [0.3, 0.4) is 0 Å². The number of aromatic nitrogens is 2. The Kier molecular flexibility index (Phi) is 5.09. The van der Waals surface area contributed by atoms with Crippen LogP contribution >= 0.6 is 0 Å². The van der Waals surface area contributed by atoms with Gasteiger partial charge in [0.2, 0.25) is 5.82 Å². The van der Waals surface area contributed by atoms with Crippen molar-refractivity contribution >= 4 is 16.9 Å². The van der Waals surface area contributed by atoms with Gasteiger partial charge in [0, 0.05) is 24.2 Å². The van der Waals surface area contributed by atoms with Gasteiger partial charge < -0.3 is 5.11 Å². The second-order valence-corrected chi connectivity index (χ2v) is 10.8. The molecule has 4 unspecified atom stereocenters. The third-order valence-corrected chi connectivity index (χ3v) is 8.89. The van der Waals surface area contributed by atoms with Crippen molar-refractivity contribution in [3.05, 3.63) is 40.4 Å². The molecule has 2 aliphatic heterocycles. The van der Waals surface area contributed by atoms with Crippen LogP contribution in [-0.2, 0) is 0 Å². The maximum absolute atomic E-state index is 13.4. The van der Waals surface area contributed by atoms with E-state index in [9.17, 15) is 14.7 Å². The lowest BCUT2D eigenvalue weighted by molar-refractivity contribution is -0.0494. The van der Waals surface area contributed by atoms with Crippen molar-refractivity contribution in [3.63, 3.8) is 0 Å². The van der Waals surface area contributed by atoms with Crippen LogP contribution in [0.4, 0.5) is 0 Å². The van der Waals surface area contributed by atoms with Crippen LogP contribution in [0.25, 0.3) is 10.9 Å². The largest absolute Gasteiger partial charge is 0.475 e. The first-order valence-electron chi connectivity index (χ1n) is 12.6. The molecule has 32 heavy (non-hydrogen) atoms. The average molecular weight is 436 g/mol. The molecule has 0 radical (unpaired) electrons. The zero-order valence-corrected chi connectivity index (χ0v) is 18.7. The number of para-hydroxylation sites is 1. The van der Waals surface area contributed by atoms with E-state index in [4.69, 9.17) is 0 Å². The molecule has 1 aromatic heterocycles. The monoisotopic (exact) mass is 435 g/mol. The molecular formula is C26H33N3O3. The zero-order chi connectivity index (χ0) is 21.8. The van der Waals surface area contributed by atoms with Crippen LogP contribution < -0.4 is 5.56 Å². The minimum atomic E-state index is -1.11. The number of benzene rings is 1. The highest BCUT2D eigenvalue weighted by Crippen LogP contribution is 2.47. The van der Waals surface area contributed by atoms with Crippen molar-refractivity contribution in [2.75, 3.05) is 0 Å². The van der Waals surface area contributed by atoms with E-state index in [1.807, 2.05) is 6.07 Å². The van der Waals surface area contributed by atoms with Gasteiger partial charge in [-0.05, 0) is 68.9 Å². The summed E-state index contributed by atoms with van der Waals surface area (Å²) in [7, 11) is 0. The van der Waals surface area contributed by atoms with Gasteiger partial charge in [-0.3, -0.25) is 14.3 Å². The lowest BCUT2D eigenvalue weighted by Gasteiger charge is -2.55. The highest BCUT2D eigenvalue weighted by molar-refractivity contribution is 5.87. The molecular weight excluding hydrogens is 402 g/mol. The fourth-order valence-corrected chi connectivity index (χ4v) is 7.77. The van der Waals surface area contributed by atoms with E-state index in [2.05, 4.69) is 9.88 Å². The van der Waals surface area contributed by atoms with Crippen LogP contribution in [0.15, 0.2) is 29.1 Å². The van der Waals surface area contributed by atoms with Gasteiger partial charge in [0.15, 0.2) is 0 Å². The van der Waals surface area contributed by atoms with Crippen molar-refractivity contribution in [1.29, 1.82) is 0 Å². The summed E-state index contributed by atoms with van der Waals surface area (Å²) in [5, 5.41) is 10.4. The Morgan fingerprint density at radius 2 is 1.50 bits per heavy atom. The average Bonchev–Trinajstić information content (AvgIpc) is 2.78. The minimum Gasteiger partial charge on any atom is -0.475 e. The normalized spacial score (nSPS) is 35.0. The summed E-state index contributed by atoms with van der Waals surface area (Å²) in [6.45, 7) is 0. The molecule has 2 aromatic rings. The first-order valence-corrected chi connectivity index (χ1v) is 12.6. The Morgan fingerprint density at radius 3 is 2.19 bits per heavy atom. The summed E-state index contributed by atoms with van der Waals surface area (Å²) in [5.74, 6) is 0.590. The maximum Gasteiger partial charge on any atom is 0.372 e. The summed E-state index contributed by atoms with van der Waals surface area (Å²) >= 11 is 0.